The Labute approximate surface area is 214 Å². The minimum absolute atomic E-state index is 0.0266. The Bertz CT molecular complexity index is 1310. The molecule has 5 rings (SSSR count). The molecule has 3 N–H and O–H groups in total. The van der Waals surface area contributed by atoms with Crippen LogP contribution in [0.1, 0.15) is 28.8 Å². The lowest BCUT2D eigenvalue weighted by Crippen LogP contribution is -2.39. The SMILES string of the molecule is COCCN1CCC(Oc2ccc(-c3cc(-c4ccc5c(c4)CCNC5=O)c(N)nc3F)cc2F)CC1. The molecule has 2 aliphatic heterocycles. The fourth-order valence-corrected chi connectivity index (χ4v) is 4.95. The third kappa shape index (κ3) is 5.42. The zero-order chi connectivity index (χ0) is 25.9. The maximum absolute atomic E-state index is 15.0. The number of fused-ring (bicyclic) bond motifs is 1. The van der Waals surface area contributed by atoms with Crippen molar-refractivity contribution in [2.45, 2.75) is 25.4 Å². The highest BCUT2D eigenvalue weighted by Crippen LogP contribution is 2.35. The molecule has 0 bridgehead atoms. The molecule has 2 aromatic carbocycles. The van der Waals surface area contributed by atoms with Gasteiger partial charge >= 0.3 is 0 Å². The lowest BCUT2D eigenvalue weighted by Gasteiger charge is -2.32. The normalized spacial score (nSPS) is 16.4. The number of halogens is 2. The first kappa shape index (κ1) is 25.1. The number of nitrogens with zero attached hydrogens (tertiary/aromatic N) is 2. The second-order valence-corrected chi connectivity index (χ2v) is 9.43. The van der Waals surface area contributed by atoms with E-state index in [0.717, 1.165) is 43.6 Å². The Morgan fingerprint density at radius 3 is 2.57 bits per heavy atom. The van der Waals surface area contributed by atoms with Crippen LogP contribution in [0.15, 0.2) is 42.5 Å². The molecule has 7 nitrogen and oxygen atoms in total. The number of nitrogen functional groups attached to an aromatic ring is 1. The molecule has 0 aliphatic carbocycles. The number of benzene rings is 2. The van der Waals surface area contributed by atoms with Crippen LogP contribution in [0.5, 0.6) is 5.75 Å². The summed E-state index contributed by atoms with van der Waals surface area (Å²) in [5.74, 6) is -1.28. The fourth-order valence-electron chi connectivity index (χ4n) is 4.95. The molecule has 0 spiro atoms. The molecule has 3 aromatic rings. The number of nitrogens with one attached hydrogen (secondary N) is 1. The molecule has 1 fully saturated rings. The van der Waals surface area contributed by atoms with E-state index in [0.29, 0.717) is 36.3 Å². The Balaban J connectivity index is 1.36. The molecule has 37 heavy (non-hydrogen) atoms. The summed E-state index contributed by atoms with van der Waals surface area (Å²) in [5.41, 5.74) is 9.28. The molecule has 1 amide bonds. The van der Waals surface area contributed by atoms with Gasteiger partial charge in [0.15, 0.2) is 11.6 Å². The molecule has 1 aromatic heterocycles. The van der Waals surface area contributed by atoms with Crippen LogP contribution in [0.2, 0.25) is 0 Å². The number of carbonyl (C=O) groups is 1. The number of nitrogens with two attached hydrogens (primary N) is 1. The summed E-state index contributed by atoms with van der Waals surface area (Å²) in [6, 6.07) is 11.4. The Morgan fingerprint density at radius 2 is 1.81 bits per heavy atom. The van der Waals surface area contributed by atoms with Crippen molar-refractivity contribution in [3.8, 4) is 28.0 Å². The van der Waals surface area contributed by atoms with Crippen LogP contribution in [0.3, 0.4) is 0 Å². The zero-order valence-corrected chi connectivity index (χ0v) is 20.7. The van der Waals surface area contributed by atoms with Crippen LogP contribution in [-0.2, 0) is 11.2 Å². The number of rotatable bonds is 7. The van der Waals surface area contributed by atoms with Crippen molar-refractivity contribution < 1.29 is 23.0 Å². The lowest BCUT2D eigenvalue weighted by molar-refractivity contribution is 0.0776. The van der Waals surface area contributed by atoms with E-state index in [2.05, 4.69) is 15.2 Å². The summed E-state index contributed by atoms with van der Waals surface area (Å²) in [4.78, 5) is 18.3. The third-order valence-corrected chi connectivity index (χ3v) is 7.03. The predicted octanol–water partition coefficient (Wildman–Crippen LogP) is 4.05. The number of hydrogen-bond donors (Lipinski definition) is 2. The summed E-state index contributed by atoms with van der Waals surface area (Å²) in [7, 11) is 1.69. The van der Waals surface area contributed by atoms with E-state index in [4.69, 9.17) is 15.2 Å². The molecule has 0 radical (unpaired) electrons. The second kappa shape index (κ2) is 10.8. The van der Waals surface area contributed by atoms with Crippen LogP contribution in [0.4, 0.5) is 14.6 Å². The summed E-state index contributed by atoms with van der Waals surface area (Å²) in [5, 5.41) is 2.81. The first-order valence-electron chi connectivity index (χ1n) is 12.5. The summed E-state index contributed by atoms with van der Waals surface area (Å²) < 4.78 is 41.0. The van der Waals surface area contributed by atoms with Gasteiger partial charge in [-0.2, -0.15) is 4.39 Å². The summed E-state index contributed by atoms with van der Waals surface area (Å²) >= 11 is 0. The van der Waals surface area contributed by atoms with Gasteiger partial charge < -0.3 is 25.4 Å². The van der Waals surface area contributed by atoms with E-state index in [1.807, 2.05) is 6.07 Å². The zero-order valence-electron chi connectivity index (χ0n) is 20.7. The number of hydrogen-bond acceptors (Lipinski definition) is 6. The Hall–Kier alpha value is -3.56. The van der Waals surface area contributed by atoms with Crippen LogP contribution < -0.4 is 15.8 Å². The molecule has 194 valence electrons. The number of anilines is 1. The average molecular weight is 509 g/mol. The molecule has 2 aliphatic rings. The van der Waals surface area contributed by atoms with Crippen LogP contribution in [0, 0.1) is 11.8 Å². The molecule has 0 saturated carbocycles. The molecule has 9 heteroatoms. The van der Waals surface area contributed by atoms with Crippen molar-refractivity contribution in [2.24, 2.45) is 0 Å². The molecule has 0 atom stereocenters. The number of aromatic nitrogens is 1. The van der Waals surface area contributed by atoms with E-state index in [1.54, 1.807) is 31.4 Å². The highest BCUT2D eigenvalue weighted by molar-refractivity contribution is 5.97. The fraction of sp³-hybridized carbons (Fsp3) is 0.357. The van der Waals surface area contributed by atoms with Gasteiger partial charge in [-0.3, -0.25) is 4.79 Å². The van der Waals surface area contributed by atoms with Gasteiger partial charge in [0.1, 0.15) is 11.9 Å². The van der Waals surface area contributed by atoms with E-state index >= 15 is 4.39 Å². The number of carbonyl (C=O) groups excluding carboxylic acids is 1. The summed E-state index contributed by atoms with van der Waals surface area (Å²) in [6.45, 7) is 3.84. The number of pyridine rings is 1. The van der Waals surface area contributed by atoms with Crippen molar-refractivity contribution in [3.05, 3.63) is 65.4 Å². The van der Waals surface area contributed by atoms with Gasteiger partial charge in [-0.1, -0.05) is 18.2 Å². The number of likely N-dealkylation sites (tertiary alicyclic amines) is 1. The predicted molar refractivity (Wildman–Crippen MR) is 137 cm³/mol. The molecular weight excluding hydrogens is 478 g/mol. The average Bonchev–Trinajstić information content (AvgIpc) is 2.89. The minimum Gasteiger partial charge on any atom is -0.487 e. The monoisotopic (exact) mass is 508 g/mol. The van der Waals surface area contributed by atoms with Crippen LogP contribution in [-0.4, -0.2) is 61.8 Å². The van der Waals surface area contributed by atoms with E-state index in [1.165, 1.54) is 12.1 Å². The largest absolute Gasteiger partial charge is 0.487 e. The van der Waals surface area contributed by atoms with Crippen molar-refractivity contribution in [1.29, 1.82) is 0 Å². The maximum atomic E-state index is 15.0. The first-order chi connectivity index (χ1) is 17.9. The van der Waals surface area contributed by atoms with Gasteiger partial charge in [-0.15, -0.1) is 0 Å². The van der Waals surface area contributed by atoms with Crippen molar-refractivity contribution in [1.82, 2.24) is 15.2 Å². The van der Waals surface area contributed by atoms with Crippen molar-refractivity contribution in [3.63, 3.8) is 0 Å². The van der Waals surface area contributed by atoms with Gasteiger partial charge in [0.25, 0.3) is 5.91 Å². The minimum atomic E-state index is -0.782. The van der Waals surface area contributed by atoms with Gasteiger partial charge in [0, 0.05) is 50.0 Å². The van der Waals surface area contributed by atoms with Gasteiger partial charge in [-0.05, 0) is 60.2 Å². The number of methoxy groups -OCH3 is 1. The molecule has 3 heterocycles. The van der Waals surface area contributed by atoms with Crippen LogP contribution in [0.25, 0.3) is 22.3 Å². The van der Waals surface area contributed by atoms with Gasteiger partial charge in [-0.25, -0.2) is 9.37 Å². The topological polar surface area (TPSA) is 89.7 Å². The Morgan fingerprint density at radius 1 is 1.05 bits per heavy atom. The number of amides is 1. The maximum Gasteiger partial charge on any atom is 0.251 e. The summed E-state index contributed by atoms with van der Waals surface area (Å²) in [6.07, 6.45) is 2.21. The standard InChI is InChI=1S/C28H30F2N4O3/c1-36-13-12-34-10-7-20(8-11-34)37-25-5-3-18(15-24(25)29)22-16-23(27(31)33-26(22)30)17-2-4-21-19(14-17)6-9-32-28(21)35/h2-5,14-16,20H,6-13H2,1H3,(H2,31,33)(H,32,35). The number of piperidine rings is 1. The third-order valence-electron chi connectivity index (χ3n) is 7.03. The lowest BCUT2D eigenvalue weighted by atomic mass is 9.94. The highest BCUT2D eigenvalue weighted by atomic mass is 19.1. The Kier molecular flexibility index (Phi) is 7.34. The van der Waals surface area contributed by atoms with E-state index in [-0.39, 0.29) is 29.1 Å². The smallest absolute Gasteiger partial charge is 0.251 e. The van der Waals surface area contributed by atoms with Crippen molar-refractivity contribution in [2.75, 3.05) is 45.6 Å². The number of ether oxygens (including phenoxy) is 2. The van der Waals surface area contributed by atoms with Gasteiger partial charge in [0.05, 0.1) is 6.61 Å². The first-order valence-corrected chi connectivity index (χ1v) is 12.5. The molecular formula is C28H30F2N4O3. The quantitative estimate of drug-likeness (QED) is 0.468. The van der Waals surface area contributed by atoms with Crippen LogP contribution >= 0.6 is 0 Å². The molecule has 1 saturated heterocycles. The second-order valence-electron chi connectivity index (χ2n) is 9.43. The van der Waals surface area contributed by atoms with E-state index in [9.17, 15) is 9.18 Å². The highest BCUT2D eigenvalue weighted by Gasteiger charge is 2.23. The van der Waals surface area contributed by atoms with Crippen molar-refractivity contribution >= 4 is 11.7 Å². The van der Waals surface area contributed by atoms with E-state index < -0.39 is 11.8 Å². The van der Waals surface area contributed by atoms with Gasteiger partial charge in [0.2, 0.25) is 5.95 Å². The molecule has 0 unspecified atom stereocenters.